The molecule has 0 spiro atoms. The molecule has 0 saturated carbocycles. The molecule has 0 radical (unpaired) electrons. The monoisotopic (exact) mass is 540 g/mol. The van der Waals surface area contributed by atoms with Crippen molar-refractivity contribution in [3.05, 3.63) is 144 Å². The maximum atomic E-state index is 11.2. The van der Waals surface area contributed by atoms with E-state index in [4.69, 9.17) is 23.7 Å². The molecule has 1 heterocycles. The molecule has 208 valence electrons. The highest BCUT2D eigenvalue weighted by molar-refractivity contribution is 5.16. The van der Waals surface area contributed by atoms with Gasteiger partial charge in [-0.1, -0.05) is 121 Å². The molecule has 1 aliphatic heterocycles. The second kappa shape index (κ2) is 14.9. The Bertz CT molecular complexity index is 1240. The predicted molar refractivity (Wildman–Crippen MR) is 152 cm³/mol. The van der Waals surface area contributed by atoms with Gasteiger partial charge in [0.05, 0.1) is 33.0 Å². The molecule has 0 amide bonds. The molecule has 6 heteroatoms. The average molecular weight is 541 g/mol. The van der Waals surface area contributed by atoms with Gasteiger partial charge in [0.15, 0.2) is 6.29 Å². The van der Waals surface area contributed by atoms with E-state index in [2.05, 4.69) is 0 Å². The van der Waals surface area contributed by atoms with Gasteiger partial charge < -0.3 is 28.8 Å². The van der Waals surface area contributed by atoms with Gasteiger partial charge in [-0.25, -0.2) is 0 Å². The van der Waals surface area contributed by atoms with Gasteiger partial charge in [0, 0.05) is 0 Å². The molecular formula is C34H36O6. The van der Waals surface area contributed by atoms with Gasteiger partial charge in [0.1, 0.15) is 24.4 Å². The Balaban J connectivity index is 1.36. The van der Waals surface area contributed by atoms with E-state index in [-0.39, 0.29) is 6.61 Å². The molecule has 1 aliphatic rings. The summed E-state index contributed by atoms with van der Waals surface area (Å²) in [5.74, 6) is 0. The number of ether oxygens (including phenoxy) is 5. The Kier molecular flexibility index (Phi) is 10.5. The number of hydrogen-bond donors (Lipinski definition) is 1. The summed E-state index contributed by atoms with van der Waals surface area (Å²) in [5, 5.41) is 11.2. The zero-order valence-electron chi connectivity index (χ0n) is 22.5. The van der Waals surface area contributed by atoms with E-state index in [9.17, 15) is 5.11 Å². The van der Waals surface area contributed by atoms with E-state index in [1.54, 1.807) is 0 Å². The minimum Gasteiger partial charge on any atom is -0.374 e. The molecule has 4 aromatic rings. The zero-order valence-corrected chi connectivity index (χ0v) is 22.5. The summed E-state index contributed by atoms with van der Waals surface area (Å²) in [6.45, 7) is 1.65. The highest BCUT2D eigenvalue weighted by Crippen LogP contribution is 2.30. The summed E-state index contributed by atoms with van der Waals surface area (Å²) in [5.41, 5.74) is 4.10. The lowest BCUT2D eigenvalue weighted by Gasteiger charge is -2.44. The molecule has 0 aliphatic carbocycles. The molecule has 4 aromatic carbocycles. The van der Waals surface area contributed by atoms with Crippen LogP contribution in [0.25, 0.3) is 0 Å². The zero-order chi connectivity index (χ0) is 27.4. The van der Waals surface area contributed by atoms with Crippen LogP contribution in [-0.4, -0.2) is 42.4 Å². The van der Waals surface area contributed by atoms with Crippen LogP contribution in [0, 0.1) is 0 Å². The number of benzene rings is 4. The third-order valence-electron chi connectivity index (χ3n) is 6.86. The summed E-state index contributed by atoms with van der Waals surface area (Å²) in [6, 6.07) is 39.7. The minimum absolute atomic E-state index is 0.224. The molecule has 40 heavy (non-hydrogen) atoms. The van der Waals surface area contributed by atoms with Gasteiger partial charge in [-0.3, -0.25) is 0 Å². The van der Waals surface area contributed by atoms with Crippen molar-refractivity contribution in [3.8, 4) is 0 Å². The summed E-state index contributed by atoms with van der Waals surface area (Å²) in [4.78, 5) is 0. The first-order valence-electron chi connectivity index (χ1n) is 13.7. The van der Waals surface area contributed by atoms with Gasteiger partial charge in [-0.15, -0.1) is 0 Å². The summed E-state index contributed by atoms with van der Waals surface area (Å²) in [7, 11) is 0. The summed E-state index contributed by atoms with van der Waals surface area (Å²) >= 11 is 0. The highest BCUT2D eigenvalue weighted by Gasteiger charge is 2.48. The van der Waals surface area contributed by atoms with Crippen LogP contribution < -0.4 is 0 Å². The Hall–Kier alpha value is -3.36. The Morgan fingerprint density at radius 1 is 0.475 bits per heavy atom. The fourth-order valence-electron chi connectivity index (χ4n) is 4.77. The number of rotatable bonds is 13. The van der Waals surface area contributed by atoms with Crippen molar-refractivity contribution in [3.63, 3.8) is 0 Å². The minimum atomic E-state index is -1.22. The smallest absolute Gasteiger partial charge is 0.184 e. The topological polar surface area (TPSA) is 66.4 Å². The molecule has 5 atom stereocenters. The normalized spacial score (nSPS) is 22.7. The Morgan fingerprint density at radius 3 is 1.30 bits per heavy atom. The number of aliphatic hydroxyl groups is 1. The van der Waals surface area contributed by atoms with Gasteiger partial charge in [-0.05, 0) is 22.3 Å². The second-order valence-electron chi connectivity index (χ2n) is 9.85. The van der Waals surface area contributed by atoms with E-state index in [1.165, 1.54) is 0 Å². The third kappa shape index (κ3) is 8.08. The van der Waals surface area contributed by atoms with Crippen molar-refractivity contribution in [2.45, 2.75) is 57.1 Å². The highest BCUT2D eigenvalue weighted by atomic mass is 16.7. The van der Waals surface area contributed by atoms with Crippen molar-refractivity contribution in [1.29, 1.82) is 0 Å². The molecule has 0 aromatic heterocycles. The van der Waals surface area contributed by atoms with Gasteiger partial charge in [-0.2, -0.15) is 0 Å². The number of hydrogen-bond acceptors (Lipinski definition) is 6. The van der Waals surface area contributed by atoms with E-state index in [0.717, 1.165) is 22.3 Å². The molecule has 0 bridgehead atoms. The van der Waals surface area contributed by atoms with Crippen LogP contribution in [0.4, 0.5) is 0 Å². The lowest BCUT2D eigenvalue weighted by molar-refractivity contribution is -0.317. The van der Waals surface area contributed by atoms with E-state index in [1.807, 2.05) is 121 Å². The van der Waals surface area contributed by atoms with Crippen LogP contribution in [0.2, 0.25) is 0 Å². The average Bonchev–Trinajstić information content (AvgIpc) is 3.01. The molecule has 1 saturated heterocycles. The first-order chi connectivity index (χ1) is 19.8. The van der Waals surface area contributed by atoms with Crippen LogP contribution in [0.15, 0.2) is 121 Å². The first-order valence-corrected chi connectivity index (χ1v) is 13.7. The van der Waals surface area contributed by atoms with Gasteiger partial charge in [0.25, 0.3) is 0 Å². The lowest BCUT2D eigenvalue weighted by Crippen LogP contribution is -2.61. The van der Waals surface area contributed by atoms with Crippen LogP contribution in [0.1, 0.15) is 22.3 Å². The first kappa shape index (κ1) is 28.2. The molecular weight excluding hydrogens is 504 g/mol. The van der Waals surface area contributed by atoms with Crippen LogP contribution in [0.3, 0.4) is 0 Å². The van der Waals surface area contributed by atoms with Gasteiger partial charge in [0.2, 0.25) is 0 Å². The van der Waals surface area contributed by atoms with Crippen molar-refractivity contribution < 1.29 is 28.8 Å². The Morgan fingerprint density at radius 2 is 0.850 bits per heavy atom. The van der Waals surface area contributed by atoms with Crippen LogP contribution >= 0.6 is 0 Å². The maximum absolute atomic E-state index is 11.2. The fourth-order valence-corrected chi connectivity index (χ4v) is 4.77. The quantitative estimate of drug-likeness (QED) is 0.236. The van der Waals surface area contributed by atoms with Crippen molar-refractivity contribution in [2.24, 2.45) is 0 Å². The molecule has 6 nitrogen and oxygen atoms in total. The third-order valence-corrected chi connectivity index (χ3v) is 6.86. The van der Waals surface area contributed by atoms with E-state index < -0.39 is 30.7 Å². The lowest BCUT2D eigenvalue weighted by atomic mass is 9.98. The summed E-state index contributed by atoms with van der Waals surface area (Å²) in [6.07, 6.45) is -3.72. The molecule has 0 unspecified atom stereocenters. The van der Waals surface area contributed by atoms with Crippen molar-refractivity contribution >= 4 is 0 Å². The maximum Gasteiger partial charge on any atom is 0.184 e. The standard InChI is InChI=1S/C34H36O6/c35-34-33(39-24-29-19-11-4-12-20-29)32(38-23-28-17-9-3-10-18-28)31(37-22-27-15-7-2-8-16-27)30(40-34)25-36-21-26-13-5-1-6-14-26/h1-20,30-35H,21-25H2/t30-,31+,32+,33+,34-/m0/s1. The Labute approximate surface area is 236 Å². The fraction of sp³-hybridized carbons (Fsp3) is 0.294. The van der Waals surface area contributed by atoms with E-state index >= 15 is 0 Å². The molecule has 5 rings (SSSR count). The van der Waals surface area contributed by atoms with Crippen LogP contribution in [0.5, 0.6) is 0 Å². The van der Waals surface area contributed by atoms with Crippen molar-refractivity contribution in [1.82, 2.24) is 0 Å². The number of aliphatic hydroxyl groups excluding tert-OH is 1. The largest absolute Gasteiger partial charge is 0.374 e. The van der Waals surface area contributed by atoms with E-state index in [0.29, 0.717) is 26.4 Å². The van der Waals surface area contributed by atoms with Crippen molar-refractivity contribution in [2.75, 3.05) is 6.61 Å². The SMILES string of the molecule is O[C@H]1O[C@@H](COCc2ccccc2)[C@@H](OCc2ccccc2)[C@@H](OCc2ccccc2)[C@H]1OCc1ccccc1. The molecule has 1 N–H and O–H groups in total. The van der Waals surface area contributed by atoms with Crippen LogP contribution in [-0.2, 0) is 50.1 Å². The summed E-state index contributed by atoms with van der Waals surface area (Å²) < 4.78 is 31.4. The van der Waals surface area contributed by atoms with Gasteiger partial charge >= 0.3 is 0 Å². The second-order valence-corrected chi connectivity index (χ2v) is 9.85. The molecule has 1 fully saturated rings. The predicted octanol–water partition coefficient (Wildman–Crippen LogP) is 5.68.